The van der Waals surface area contributed by atoms with Crippen LogP contribution >= 0.6 is 0 Å². The summed E-state index contributed by atoms with van der Waals surface area (Å²) in [6.45, 7) is 2.47. The number of Topliss-reactive ketones (excluding diaryl/α,β-unsaturated/α-hetero) is 1. The highest BCUT2D eigenvalue weighted by Gasteiger charge is 2.44. The molecular weight excluding hydrogens is 308 g/mol. The van der Waals surface area contributed by atoms with Crippen LogP contribution in [0.3, 0.4) is 0 Å². The highest BCUT2D eigenvalue weighted by molar-refractivity contribution is 6.14. The van der Waals surface area contributed by atoms with Gasteiger partial charge in [-0.15, -0.1) is 0 Å². The van der Waals surface area contributed by atoms with Crippen molar-refractivity contribution in [2.75, 3.05) is 6.54 Å². The van der Waals surface area contributed by atoms with Gasteiger partial charge < -0.3 is 14.4 Å². The molecule has 1 amide bonds. The van der Waals surface area contributed by atoms with Gasteiger partial charge in [-0.05, 0) is 30.2 Å². The molecule has 1 N–H and O–H groups in total. The van der Waals surface area contributed by atoms with Crippen molar-refractivity contribution in [2.45, 2.75) is 25.8 Å². The number of unbranched alkanes of at least 4 members (excludes halogenated alkanes) is 1. The molecule has 1 aliphatic heterocycles. The van der Waals surface area contributed by atoms with Gasteiger partial charge in [-0.2, -0.15) is 0 Å². The summed E-state index contributed by atoms with van der Waals surface area (Å²) < 4.78 is 5.15. The van der Waals surface area contributed by atoms with Crippen LogP contribution in [-0.2, 0) is 4.79 Å². The van der Waals surface area contributed by atoms with Crippen molar-refractivity contribution < 1.29 is 19.1 Å². The van der Waals surface area contributed by atoms with E-state index in [9.17, 15) is 14.7 Å². The zero-order valence-corrected chi connectivity index (χ0v) is 13.3. The number of aliphatic hydroxyl groups excluding tert-OH is 1. The fourth-order valence-corrected chi connectivity index (χ4v) is 2.87. The largest absolute Gasteiger partial charge is 0.503 e. The molecule has 1 atom stereocenters. The molecule has 0 saturated heterocycles. The number of nitrogens with zero attached hydrogens (tertiary/aromatic N) is 2. The van der Waals surface area contributed by atoms with Gasteiger partial charge in [0, 0.05) is 18.9 Å². The minimum Gasteiger partial charge on any atom is -0.503 e. The first-order valence-corrected chi connectivity index (χ1v) is 7.87. The Morgan fingerprint density at radius 3 is 2.83 bits per heavy atom. The van der Waals surface area contributed by atoms with Crippen molar-refractivity contribution in [3.8, 4) is 0 Å². The number of ketones is 1. The number of pyridine rings is 1. The molecule has 0 fully saturated rings. The normalized spacial score (nSPS) is 17.6. The van der Waals surface area contributed by atoms with Gasteiger partial charge in [-0.3, -0.25) is 14.6 Å². The van der Waals surface area contributed by atoms with Crippen LogP contribution in [0.25, 0.3) is 0 Å². The number of carbonyl (C=O) groups is 2. The Bertz CT molecular complexity index is 766. The van der Waals surface area contributed by atoms with Gasteiger partial charge in [0.25, 0.3) is 5.91 Å². The van der Waals surface area contributed by atoms with Gasteiger partial charge >= 0.3 is 0 Å². The van der Waals surface area contributed by atoms with E-state index < -0.39 is 23.5 Å². The topological polar surface area (TPSA) is 83.6 Å². The lowest BCUT2D eigenvalue weighted by atomic mass is 9.96. The first kappa shape index (κ1) is 16.0. The molecular formula is C18H18N2O4. The summed E-state index contributed by atoms with van der Waals surface area (Å²) in [5.74, 6) is -1.44. The highest BCUT2D eigenvalue weighted by Crippen LogP contribution is 2.38. The maximum Gasteiger partial charge on any atom is 0.290 e. The van der Waals surface area contributed by atoms with Crippen LogP contribution in [0.15, 0.2) is 58.7 Å². The summed E-state index contributed by atoms with van der Waals surface area (Å²) in [7, 11) is 0. The van der Waals surface area contributed by atoms with Crippen LogP contribution in [0.2, 0.25) is 0 Å². The molecule has 6 heteroatoms. The van der Waals surface area contributed by atoms with E-state index in [2.05, 4.69) is 4.98 Å². The molecule has 2 aromatic heterocycles. The number of hydrogen-bond acceptors (Lipinski definition) is 5. The van der Waals surface area contributed by atoms with Crippen molar-refractivity contribution in [3.63, 3.8) is 0 Å². The Kier molecular flexibility index (Phi) is 4.46. The molecule has 124 valence electrons. The zero-order chi connectivity index (χ0) is 17.1. The van der Waals surface area contributed by atoms with E-state index in [1.807, 2.05) is 6.92 Å². The average Bonchev–Trinajstić information content (AvgIpc) is 3.22. The SMILES string of the molecule is CCCCN1C(=O)C(O)=C(C(=O)c2ccco2)C1c1cccnc1. The van der Waals surface area contributed by atoms with Gasteiger partial charge in [0.2, 0.25) is 5.78 Å². The van der Waals surface area contributed by atoms with E-state index in [1.165, 1.54) is 17.2 Å². The van der Waals surface area contributed by atoms with Crippen molar-refractivity contribution in [1.82, 2.24) is 9.88 Å². The quantitative estimate of drug-likeness (QED) is 0.825. The van der Waals surface area contributed by atoms with Crippen molar-refractivity contribution in [1.29, 1.82) is 0 Å². The van der Waals surface area contributed by atoms with Crippen LogP contribution in [-0.4, -0.2) is 33.2 Å². The first-order valence-electron chi connectivity index (χ1n) is 7.87. The van der Waals surface area contributed by atoms with Crippen LogP contribution in [0, 0.1) is 0 Å². The third kappa shape index (κ3) is 2.71. The Morgan fingerprint density at radius 1 is 1.38 bits per heavy atom. The number of aliphatic hydroxyl groups is 1. The minimum atomic E-state index is -0.657. The van der Waals surface area contributed by atoms with E-state index in [0.29, 0.717) is 12.1 Å². The Morgan fingerprint density at radius 2 is 2.21 bits per heavy atom. The highest BCUT2D eigenvalue weighted by atomic mass is 16.3. The summed E-state index contributed by atoms with van der Waals surface area (Å²) in [6.07, 6.45) is 6.28. The Labute approximate surface area is 139 Å². The molecule has 6 nitrogen and oxygen atoms in total. The van der Waals surface area contributed by atoms with Gasteiger partial charge in [0.05, 0.1) is 17.9 Å². The fraction of sp³-hybridized carbons (Fsp3) is 0.278. The lowest BCUT2D eigenvalue weighted by Crippen LogP contribution is -2.32. The molecule has 0 aliphatic carbocycles. The number of hydrogen-bond donors (Lipinski definition) is 1. The molecule has 0 bridgehead atoms. The predicted molar refractivity (Wildman–Crippen MR) is 86.3 cm³/mol. The lowest BCUT2D eigenvalue weighted by molar-refractivity contribution is -0.129. The second kappa shape index (κ2) is 6.70. The number of rotatable bonds is 6. The van der Waals surface area contributed by atoms with Crippen molar-refractivity contribution in [2.24, 2.45) is 0 Å². The van der Waals surface area contributed by atoms with E-state index in [1.54, 1.807) is 30.6 Å². The Hall–Kier alpha value is -2.89. The number of amides is 1. The van der Waals surface area contributed by atoms with Crippen LogP contribution < -0.4 is 0 Å². The maximum absolute atomic E-state index is 12.8. The monoisotopic (exact) mass is 326 g/mol. The van der Waals surface area contributed by atoms with E-state index in [-0.39, 0.29) is 11.3 Å². The Balaban J connectivity index is 2.06. The number of furan rings is 1. The standard InChI is InChI=1S/C18H18N2O4/c1-2-3-9-20-15(12-6-4-8-19-11-12)14(17(22)18(20)23)16(21)13-7-5-10-24-13/h4-8,10-11,15,22H,2-3,9H2,1H3. The minimum absolute atomic E-state index is 0.0408. The fourth-order valence-electron chi connectivity index (χ4n) is 2.87. The predicted octanol–water partition coefficient (Wildman–Crippen LogP) is 3.05. The van der Waals surface area contributed by atoms with Crippen LogP contribution in [0.5, 0.6) is 0 Å². The summed E-state index contributed by atoms with van der Waals surface area (Å²) in [5, 5.41) is 10.3. The number of aromatic nitrogens is 1. The van der Waals surface area contributed by atoms with Gasteiger partial charge in [0.1, 0.15) is 0 Å². The van der Waals surface area contributed by atoms with Crippen LogP contribution in [0.1, 0.15) is 41.9 Å². The smallest absolute Gasteiger partial charge is 0.290 e. The molecule has 0 saturated carbocycles. The van der Waals surface area contributed by atoms with E-state index in [4.69, 9.17) is 4.42 Å². The summed E-state index contributed by atoms with van der Waals surface area (Å²) in [4.78, 5) is 30.8. The molecule has 3 rings (SSSR count). The second-order valence-corrected chi connectivity index (χ2v) is 5.61. The molecule has 0 radical (unpaired) electrons. The second-order valence-electron chi connectivity index (χ2n) is 5.61. The lowest BCUT2D eigenvalue weighted by Gasteiger charge is -2.26. The molecule has 3 heterocycles. The average molecular weight is 326 g/mol. The summed E-state index contributed by atoms with van der Waals surface area (Å²) >= 11 is 0. The summed E-state index contributed by atoms with van der Waals surface area (Å²) in [5.41, 5.74) is 0.722. The first-order chi connectivity index (χ1) is 11.6. The third-order valence-electron chi connectivity index (χ3n) is 4.05. The van der Waals surface area contributed by atoms with E-state index in [0.717, 1.165) is 12.8 Å². The molecule has 1 aliphatic rings. The maximum atomic E-state index is 12.8. The summed E-state index contributed by atoms with van der Waals surface area (Å²) in [6, 6.07) is 5.98. The van der Waals surface area contributed by atoms with E-state index >= 15 is 0 Å². The van der Waals surface area contributed by atoms with Gasteiger partial charge in [0.15, 0.2) is 11.5 Å². The molecule has 24 heavy (non-hydrogen) atoms. The van der Waals surface area contributed by atoms with Crippen LogP contribution in [0.4, 0.5) is 0 Å². The zero-order valence-electron chi connectivity index (χ0n) is 13.3. The van der Waals surface area contributed by atoms with Gasteiger partial charge in [-0.1, -0.05) is 19.4 Å². The van der Waals surface area contributed by atoms with Crippen molar-refractivity contribution >= 4 is 11.7 Å². The third-order valence-corrected chi connectivity index (χ3v) is 4.05. The van der Waals surface area contributed by atoms with Crippen molar-refractivity contribution in [3.05, 3.63) is 65.6 Å². The molecule has 0 spiro atoms. The molecule has 2 aromatic rings. The molecule has 0 aromatic carbocycles. The molecule has 1 unspecified atom stereocenters. The van der Waals surface area contributed by atoms with Gasteiger partial charge in [-0.25, -0.2) is 0 Å². The number of carbonyl (C=O) groups excluding carboxylic acids is 2.